The Kier molecular flexibility index (Phi) is 6.80. The number of alkyl halides is 3. The van der Waals surface area contributed by atoms with E-state index in [-0.39, 0.29) is 23.0 Å². The third kappa shape index (κ3) is 5.67. The Morgan fingerprint density at radius 3 is 2.38 bits per heavy atom. The van der Waals surface area contributed by atoms with Gasteiger partial charge in [0.15, 0.2) is 6.04 Å². The van der Waals surface area contributed by atoms with Crippen LogP contribution in [-0.4, -0.2) is 31.0 Å². The lowest BCUT2D eigenvalue weighted by Crippen LogP contribution is -3.12. The number of nitrogens with zero attached hydrogens (tertiary/aromatic N) is 1. The van der Waals surface area contributed by atoms with Gasteiger partial charge in [-0.3, -0.25) is 14.9 Å². The quantitative estimate of drug-likeness (QED) is 0.541. The Bertz CT molecular complexity index is 885. The molecule has 0 radical (unpaired) electrons. The van der Waals surface area contributed by atoms with Gasteiger partial charge in [-0.05, 0) is 25.1 Å². The van der Waals surface area contributed by atoms with E-state index in [2.05, 4.69) is 5.32 Å². The van der Waals surface area contributed by atoms with Crippen molar-refractivity contribution in [2.75, 3.05) is 19.5 Å². The number of nitro benzene ring substituents is 1. The summed E-state index contributed by atoms with van der Waals surface area (Å²) in [7, 11) is 3.08. The third-order valence-electron chi connectivity index (χ3n) is 4.55. The number of non-ortho nitro benzene ring substituents is 1. The summed E-state index contributed by atoms with van der Waals surface area (Å²) in [6.45, 7) is 2.01. The third-order valence-corrected chi connectivity index (χ3v) is 4.55. The van der Waals surface area contributed by atoms with Gasteiger partial charge >= 0.3 is 6.18 Å². The number of likely N-dealkylation sites (N-methyl/N-ethyl adjacent to an activating group) is 1. The Morgan fingerprint density at radius 2 is 1.86 bits per heavy atom. The summed E-state index contributed by atoms with van der Waals surface area (Å²) in [6.07, 6.45) is -4.39. The van der Waals surface area contributed by atoms with Crippen LogP contribution < -0.4 is 15.0 Å². The van der Waals surface area contributed by atoms with Gasteiger partial charge in [0.2, 0.25) is 0 Å². The van der Waals surface area contributed by atoms with Gasteiger partial charge < -0.3 is 15.0 Å². The van der Waals surface area contributed by atoms with E-state index in [0.29, 0.717) is 12.1 Å². The van der Waals surface area contributed by atoms with Crippen molar-refractivity contribution in [3.63, 3.8) is 0 Å². The van der Waals surface area contributed by atoms with Crippen LogP contribution in [-0.2, 0) is 17.5 Å². The van der Waals surface area contributed by atoms with Crippen molar-refractivity contribution in [2.24, 2.45) is 0 Å². The molecule has 0 saturated heterocycles. The van der Waals surface area contributed by atoms with Crippen molar-refractivity contribution in [2.45, 2.75) is 25.7 Å². The number of nitrogens with one attached hydrogen (secondary N) is 2. The molecular formula is C19H21F3N3O4+. The maximum Gasteiger partial charge on any atom is 0.416 e. The van der Waals surface area contributed by atoms with Crippen molar-refractivity contribution in [3.05, 3.63) is 63.7 Å². The van der Waals surface area contributed by atoms with Gasteiger partial charge in [0.05, 0.1) is 36.4 Å². The first-order chi connectivity index (χ1) is 13.5. The molecule has 156 valence electrons. The maximum absolute atomic E-state index is 12.6. The minimum Gasteiger partial charge on any atom is -0.494 e. The molecule has 2 N–H and O–H groups in total. The molecule has 0 fully saturated rings. The molecule has 0 aliphatic carbocycles. The van der Waals surface area contributed by atoms with Gasteiger partial charge in [-0.25, -0.2) is 0 Å². The number of methoxy groups -OCH3 is 1. The molecule has 0 spiro atoms. The van der Waals surface area contributed by atoms with Gasteiger partial charge in [0, 0.05) is 11.6 Å². The molecule has 0 bridgehead atoms. The predicted molar refractivity (Wildman–Crippen MR) is 99.8 cm³/mol. The number of halogens is 3. The van der Waals surface area contributed by atoms with E-state index >= 15 is 0 Å². The molecule has 2 atom stereocenters. The van der Waals surface area contributed by atoms with Crippen LogP contribution >= 0.6 is 0 Å². The van der Waals surface area contributed by atoms with Crippen molar-refractivity contribution < 1.29 is 32.5 Å². The zero-order valence-corrected chi connectivity index (χ0v) is 16.0. The van der Waals surface area contributed by atoms with Crippen LogP contribution in [0.1, 0.15) is 18.1 Å². The summed E-state index contributed by atoms with van der Waals surface area (Å²) >= 11 is 0. The summed E-state index contributed by atoms with van der Waals surface area (Å²) in [5.41, 5.74) is 0.0493. The second kappa shape index (κ2) is 8.91. The van der Waals surface area contributed by atoms with Gasteiger partial charge in [-0.2, -0.15) is 13.2 Å². The Morgan fingerprint density at radius 1 is 1.24 bits per heavy atom. The van der Waals surface area contributed by atoms with E-state index in [0.717, 1.165) is 17.0 Å². The van der Waals surface area contributed by atoms with Gasteiger partial charge in [0.25, 0.3) is 11.6 Å². The smallest absolute Gasteiger partial charge is 0.416 e. The van der Waals surface area contributed by atoms with Crippen LogP contribution in [0.3, 0.4) is 0 Å². The highest BCUT2D eigenvalue weighted by atomic mass is 19.4. The average Bonchev–Trinajstić information content (AvgIpc) is 2.67. The number of rotatable bonds is 7. The highest BCUT2D eigenvalue weighted by molar-refractivity contribution is 5.95. The van der Waals surface area contributed by atoms with Gasteiger partial charge in [-0.1, -0.05) is 12.1 Å². The normalized spacial score (nSPS) is 13.4. The molecule has 0 aliphatic heterocycles. The molecule has 0 aromatic heterocycles. The number of ether oxygens (including phenoxy) is 1. The Hall–Kier alpha value is -3.14. The van der Waals surface area contributed by atoms with Crippen LogP contribution in [0.4, 0.5) is 24.5 Å². The fraction of sp³-hybridized carbons (Fsp3) is 0.316. The number of carbonyl (C=O) groups is 1. The summed E-state index contributed by atoms with van der Waals surface area (Å²) in [5, 5.41) is 13.5. The lowest BCUT2D eigenvalue weighted by Gasteiger charge is -2.22. The zero-order chi connectivity index (χ0) is 21.8. The highest BCUT2D eigenvalue weighted by Crippen LogP contribution is 2.30. The van der Waals surface area contributed by atoms with E-state index < -0.39 is 22.7 Å². The summed E-state index contributed by atoms with van der Waals surface area (Å²) in [5.74, 6) is -0.207. The number of carbonyl (C=O) groups excluding carboxylic acids is 1. The van der Waals surface area contributed by atoms with Crippen molar-refractivity contribution in [1.82, 2.24) is 0 Å². The SMILES string of the molecule is COc1cc([N+](=O)[O-])ccc1NC(=O)[C@H](C)[NH+](C)Cc1ccc(C(F)(F)F)cc1. The Labute approximate surface area is 165 Å². The largest absolute Gasteiger partial charge is 0.494 e. The molecule has 0 heterocycles. The topological polar surface area (TPSA) is 85.9 Å². The summed E-state index contributed by atoms with van der Waals surface area (Å²) in [6, 6.07) is 8.08. The first-order valence-corrected chi connectivity index (χ1v) is 8.64. The van der Waals surface area contributed by atoms with Crippen LogP contribution in [0.5, 0.6) is 5.75 Å². The number of benzene rings is 2. The molecule has 2 rings (SSSR count). The van der Waals surface area contributed by atoms with E-state index in [1.165, 1.54) is 37.4 Å². The number of hydrogen-bond acceptors (Lipinski definition) is 4. The molecule has 7 nitrogen and oxygen atoms in total. The zero-order valence-electron chi connectivity index (χ0n) is 16.0. The molecule has 0 saturated carbocycles. The monoisotopic (exact) mass is 412 g/mol. The fourth-order valence-corrected chi connectivity index (χ4v) is 2.65. The minimum absolute atomic E-state index is 0.153. The van der Waals surface area contributed by atoms with E-state index in [1.54, 1.807) is 14.0 Å². The van der Waals surface area contributed by atoms with Gasteiger partial charge in [-0.15, -0.1) is 0 Å². The second-order valence-electron chi connectivity index (χ2n) is 6.57. The molecule has 1 unspecified atom stereocenters. The van der Waals surface area contributed by atoms with E-state index in [4.69, 9.17) is 4.74 Å². The molecule has 0 aliphatic rings. The molecular weight excluding hydrogens is 391 g/mol. The Balaban J connectivity index is 2.05. The first-order valence-electron chi connectivity index (χ1n) is 8.64. The molecule has 2 aromatic carbocycles. The van der Waals surface area contributed by atoms with Gasteiger partial charge in [0.1, 0.15) is 12.3 Å². The highest BCUT2D eigenvalue weighted by Gasteiger charge is 2.30. The second-order valence-corrected chi connectivity index (χ2v) is 6.57. The molecule has 29 heavy (non-hydrogen) atoms. The number of nitro groups is 1. The van der Waals surface area contributed by atoms with Crippen LogP contribution in [0.25, 0.3) is 0 Å². The molecule has 2 aromatic rings. The fourth-order valence-electron chi connectivity index (χ4n) is 2.65. The van der Waals surface area contributed by atoms with Crippen molar-refractivity contribution >= 4 is 17.3 Å². The number of hydrogen-bond donors (Lipinski definition) is 2. The van der Waals surface area contributed by atoms with Crippen molar-refractivity contribution in [3.8, 4) is 5.75 Å². The number of amides is 1. The lowest BCUT2D eigenvalue weighted by atomic mass is 10.1. The number of anilines is 1. The van der Waals surface area contributed by atoms with Crippen LogP contribution in [0.2, 0.25) is 0 Å². The number of quaternary nitrogens is 1. The van der Waals surface area contributed by atoms with Crippen molar-refractivity contribution in [1.29, 1.82) is 0 Å². The predicted octanol–water partition coefficient (Wildman–Crippen LogP) is 2.66. The molecule has 1 amide bonds. The average molecular weight is 412 g/mol. The molecule has 10 heteroatoms. The standard InChI is InChI=1S/C19H20F3N3O4/c1-12(24(2)11-13-4-6-14(7-5-13)19(20,21)22)18(26)23-16-9-8-15(25(27)28)10-17(16)29-3/h4-10,12H,11H2,1-3H3,(H,23,26)/p+1/t12-/m0/s1. The summed E-state index contributed by atoms with van der Waals surface area (Å²) in [4.78, 5) is 23.6. The van der Waals surface area contributed by atoms with Crippen LogP contribution in [0.15, 0.2) is 42.5 Å². The van der Waals surface area contributed by atoms with Crippen LogP contribution in [0, 0.1) is 10.1 Å². The van der Waals surface area contributed by atoms with E-state index in [1.807, 2.05) is 0 Å². The van der Waals surface area contributed by atoms with E-state index in [9.17, 15) is 28.1 Å². The lowest BCUT2D eigenvalue weighted by molar-refractivity contribution is -0.907. The summed E-state index contributed by atoms with van der Waals surface area (Å²) < 4.78 is 43.0. The first kappa shape index (κ1) is 22.2. The minimum atomic E-state index is -4.39. The maximum atomic E-state index is 12.6.